The van der Waals surface area contributed by atoms with Crippen molar-refractivity contribution in [3.8, 4) is 0 Å². The minimum Gasteiger partial charge on any atom is -0.301 e. The molecule has 0 atom stereocenters. The molecular weight excluding hydrogens is 217 g/mol. The van der Waals surface area contributed by atoms with Crippen molar-refractivity contribution in [2.24, 2.45) is 0 Å². The zero-order valence-corrected chi connectivity index (χ0v) is 10.2. The molecule has 1 aromatic carbocycles. The maximum absolute atomic E-state index is 5.65. The molecule has 0 saturated heterocycles. The Balaban J connectivity index is 0.00000169. The van der Waals surface area contributed by atoms with Crippen molar-refractivity contribution in [1.82, 2.24) is 4.90 Å². The first-order chi connectivity index (χ1) is 6.22. The lowest BCUT2D eigenvalue weighted by atomic mass is 10.1. The summed E-state index contributed by atoms with van der Waals surface area (Å²) in [6.45, 7) is 4.02. The highest BCUT2D eigenvalue weighted by atomic mass is 35.5. The van der Waals surface area contributed by atoms with Crippen molar-refractivity contribution in [1.29, 1.82) is 0 Å². The van der Waals surface area contributed by atoms with Crippen LogP contribution in [-0.2, 0) is 6.54 Å². The van der Waals surface area contributed by atoms with Gasteiger partial charge in [-0.15, -0.1) is 24.0 Å². The van der Waals surface area contributed by atoms with Gasteiger partial charge in [-0.2, -0.15) is 0 Å². The van der Waals surface area contributed by atoms with Crippen LogP contribution in [-0.4, -0.2) is 24.4 Å². The van der Waals surface area contributed by atoms with Gasteiger partial charge in [-0.3, -0.25) is 0 Å². The molecule has 0 amide bonds. The summed E-state index contributed by atoms with van der Waals surface area (Å²) < 4.78 is 0. The van der Waals surface area contributed by atoms with Crippen LogP contribution in [0.15, 0.2) is 24.3 Å². The molecule has 0 radical (unpaired) electrons. The third-order valence-electron chi connectivity index (χ3n) is 2.04. The fourth-order valence-corrected chi connectivity index (χ4v) is 1.52. The van der Waals surface area contributed by atoms with Gasteiger partial charge in [0.2, 0.25) is 0 Å². The van der Waals surface area contributed by atoms with Gasteiger partial charge < -0.3 is 4.90 Å². The van der Waals surface area contributed by atoms with Gasteiger partial charge in [0.15, 0.2) is 0 Å². The van der Waals surface area contributed by atoms with Crippen LogP contribution >= 0.6 is 24.0 Å². The predicted octanol–water partition coefficient (Wildman–Crippen LogP) is 3.09. The van der Waals surface area contributed by atoms with Crippen molar-refractivity contribution in [2.45, 2.75) is 13.5 Å². The summed E-state index contributed by atoms with van der Waals surface area (Å²) in [7, 11) is 2.09. The first-order valence-corrected chi connectivity index (χ1v) is 5.06. The second kappa shape index (κ2) is 7.10. The van der Waals surface area contributed by atoms with Crippen LogP contribution in [0, 0.1) is 6.92 Å². The summed E-state index contributed by atoms with van der Waals surface area (Å²) >= 11 is 5.65. The van der Waals surface area contributed by atoms with E-state index in [1.807, 2.05) is 0 Å². The molecule has 1 aromatic rings. The van der Waals surface area contributed by atoms with Crippen LogP contribution < -0.4 is 0 Å². The minimum absolute atomic E-state index is 0. The van der Waals surface area contributed by atoms with Crippen molar-refractivity contribution in [3.63, 3.8) is 0 Å². The van der Waals surface area contributed by atoms with E-state index in [0.29, 0.717) is 5.88 Å². The molecule has 0 heterocycles. The third kappa shape index (κ3) is 4.85. The molecule has 0 aliphatic heterocycles. The van der Waals surface area contributed by atoms with Crippen LogP contribution in [0.4, 0.5) is 0 Å². The highest BCUT2D eigenvalue weighted by Gasteiger charge is 1.98. The first-order valence-electron chi connectivity index (χ1n) is 4.52. The molecule has 0 fully saturated rings. The monoisotopic (exact) mass is 233 g/mol. The highest BCUT2D eigenvalue weighted by Crippen LogP contribution is 2.05. The Morgan fingerprint density at radius 1 is 1.21 bits per heavy atom. The second-order valence-corrected chi connectivity index (χ2v) is 3.79. The Hall–Kier alpha value is -0.240. The van der Waals surface area contributed by atoms with Crippen molar-refractivity contribution in [3.05, 3.63) is 35.4 Å². The molecule has 1 rings (SSSR count). The van der Waals surface area contributed by atoms with Gasteiger partial charge in [-0.25, -0.2) is 0 Å². The van der Waals surface area contributed by atoms with Crippen LogP contribution in [0.5, 0.6) is 0 Å². The van der Waals surface area contributed by atoms with E-state index in [0.717, 1.165) is 13.1 Å². The first kappa shape index (κ1) is 13.8. The third-order valence-corrected chi connectivity index (χ3v) is 2.21. The average molecular weight is 234 g/mol. The number of benzene rings is 1. The van der Waals surface area contributed by atoms with E-state index in [4.69, 9.17) is 11.6 Å². The SMILES string of the molecule is Cc1ccc(CN(C)CCCl)cc1.Cl. The quantitative estimate of drug-likeness (QED) is 0.723. The molecular formula is C11H17Cl2N. The lowest BCUT2D eigenvalue weighted by Crippen LogP contribution is -2.19. The topological polar surface area (TPSA) is 3.24 Å². The summed E-state index contributed by atoms with van der Waals surface area (Å²) in [6.07, 6.45) is 0. The fourth-order valence-electron chi connectivity index (χ4n) is 1.23. The van der Waals surface area contributed by atoms with Crippen LogP contribution in [0.1, 0.15) is 11.1 Å². The maximum Gasteiger partial charge on any atom is 0.0351 e. The number of aryl methyl sites for hydroxylation is 1. The van der Waals surface area contributed by atoms with E-state index in [1.165, 1.54) is 11.1 Å². The Kier molecular flexibility index (Phi) is 6.98. The molecule has 14 heavy (non-hydrogen) atoms. The van der Waals surface area contributed by atoms with Gasteiger partial charge in [0, 0.05) is 19.0 Å². The van der Waals surface area contributed by atoms with E-state index >= 15 is 0 Å². The standard InChI is InChI=1S/C11H16ClN.ClH/c1-10-3-5-11(6-4-10)9-13(2)8-7-12;/h3-6H,7-9H2,1-2H3;1H. The number of rotatable bonds is 4. The molecule has 1 nitrogen and oxygen atoms in total. The zero-order valence-electron chi connectivity index (χ0n) is 8.66. The smallest absolute Gasteiger partial charge is 0.0351 e. The number of halogens is 2. The molecule has 0 aliphatic rings. The second-order valence-electron chi connectivity index (χ2n) is 3.41. The number of nitrogens with zero attached hydrogens (tertiary/aromatic N) is 1. The van der Waals surface area contributed by atoms with Gasteiger partial charge in [0.25, 0.3) is 0 Å². The normalized spacial score (nSPS) is 10.0. The predicted molar refractivity (Wildman–Crippen MR) is 65.5 cm³/mol. The van der Waals surface area contributed by atoms with Crippen molar-refractivity contribution < 1.29 is 0 Å². The summed E-state index contributed by atoms with van der Waals surface area (Å²) in [6, 6.07) is 8.62. The highest BCUT2D eigenvalue weighted by molar-refractivity contribution is 6.18. The summed E-state index contributed by atoms with van der Waals surface area (Å²) in [4.78, 5) is 2.22. The molecule has 0 aliphatic carbocycles. The molecule has 0 unspecified atom stereocenters. The van der Waals surface area contributed by atoms with Gasteiger partial charge in [-0.1, -0.05) is 29.8 Å². The lowest BCUT2D eigenvalue weighted by molar-refractivity contribution is 0.348. The number of hydrogen-bond acceptors (Lipinski definition) is 1. The van der Waals surface area contributed by atoms with E-state index < -0.39 is 0 Å². The Morgan fingerprint density at radius 3 is 2.29 bits per heavy atom. The number of hydrogen-bond donors (Lipinski definition) is 0. The van der Waals surface area contributed by atoms with E-state index in [-0.39, 0.29) is 12.4 Å². The zero-order chi connectivity index (χ0) is 9.68. The summed E-state index contributed by atoms with van der Waals surface area (Å²) in [5.74, 6) is 0.697. The van der Waals surface area contributed by atoms with E-state index in [1.54, 1.807) is 0 Å². The molecule has 3 heteroatoms. The van der Waals surface area contributed by atoms with Crippen LogP contribution in [0.3, 0.4) is 0 Å². The lowest BCUT2D eigenvalue weighted by Gasteiger charge is -2.14. The minimum atomic E-state index is 0. The van der Waals surface area contributed by atoms with Crippen LogP contribution in [0.25, 0.3) is 0 Å². The largest absolute Gasteiger partial charge is 0.301 e. The maximum atomic E-state index is 5.65. The molecule has 0 bridgehead atoms. The van der Waals surface area contributed by atoms with Gasteiger partial charge >= 0.3 is 0 Å². The Bertz CT molecular complexity index is 246. The van der Waals surface area contributed by atoms with Crippen molar-refractivity contribution >= 4 is 24.0 Å². The average Bonchev–Trinajstić information content (AvgIpc) is 2.09. The van der Waals surface area contributed by atoms with E-state index in [2.05, 4.69) is 43.1 Å². The summed E-state index contributed by atoms with van der Waals surface area (Å²) in [5.41, 5.74) is 2.65. The number of alkyl halides is 1. The molecule has 0 spiro atoms. The van der Waals surface area contributed by atoms with Gasteiger partial charge in [0.1, 0.15) is 0 Å². The van der Waals surface area contributed by atoms with Gasteiger partial charge in [0.05, 0.1) is 0 Å². The van der Waals surface area contributed by atoms with Crippen LogP contribution in [0.2, 0.25) is 0 Å². The van der Waals surface area contributed by atoms with Gasteiger partial charge in [-0.05, 0) is 19.5 Å². The Morgan fingerprint density at radius 2 is 1.79 bits per heavy atom. The fraction of sp³-hybridized carbons (Fsp3) is 0.455. The summed E-state index contributed by atoms with van der Waals surface area (Å²) in [5, 5.41) is 0. The molecule has 0 saturated carbocycles. The molecule has 80 valence electrons. The van der Waals surface area contributed by atoms with Crippen molar-refractivity contribution in [2.75, 3.05) is 19.5 Å². The molecule has 0 N–H and O–H groups in total. The Labute approximate surface area is 97.5 Å². The molecule has 0 aromatic heterocycles. The van der Waals surface area contributed by atoms with E-state index in [9.17, 15) is 0 Å².